The van der Waals surface area contributed by atoms with Gasteiger partial charge in [0.25, 0.3) is 5.91 Å². The van der Waals surface area contributed by atoms with Gasteiger partial charge < -0.3 is 20.5 Å². The fourth-order valence-corrected chi connectivity index (χ4v) is 1.91. The van der Waals surface area contributed by atoms with Crippen LogP contribution in [0.1, 0.15) is 6.92 Å². The van der Waals surface area contributed by atoms with Gasteiger partial charge in [0.1, 0.15) is 12.1 Å². The number of anilines is 1. The van der Waals surface area contributed by atoms with Crippen LogP contribution in [0, 0.1) is 0 Å². The van der Waals surface area contributed by atoms with Crippen LogP contribution in [0.3, 0.4) is 0 Å². The number of pyridine rings is 1. The van der Waals surface area contributed by atoms with Crippen LogP contribution in [-0.4, -0.2) is 34.2 Å². The van der Waals surface area contributed by atoms with Crippen LogP contribution in [0.4, 0.5) is 10.6 Å². The molecule has 1 aromatic rings. The van der Waals surface area contributed by atoms with Crippen LogP contribution in [0.25, 0.3) is 0 Å². The van der Waals surface area contributed by atoms with Gasteiger partial charge in [-0.3, -0.25) is 4.79 Å². The Hall–Kier alpha value is -1.83. The van der Waals surface area contributed by atoms with E-state index in [4.69, 9.17) is 9.84 Å². The summed E-state index contributed by atoms with van der Waals surface area (Å²) in [5, 5.41) is 13.3. The Balaban J connectivity index is 2.31. The minimum Gasteiger partial charge on any atom is -0.484 e. The molecule has 96 valence electrons. The zero-order valence-corrected chi connectivity index (χ0v) is 10.9. The molecule has 0 bridgehead atoms. The summed E-state index contributed by atoms with van der Waals surface area (Å²) in [7, 11) is 0. The number of ether oxygens (including phenoxy) is 1. The van der Waals surface area contributed by atoms with E-state index in [0.29, 0.717) is 10.2 Å². The number of hydrogen-bond acceptors (Lipinski definition) is 4. The van der Waals surface area contributed by atoms with Gasteiger partial charge in [0.05, 0.1) is 0 Å². The smallest absolute Gasteiger partial charge is 0.405 e. The van der Waals surface area contributed by atoms with Crippen molar-refractivity contribution in [3.05, 3.63) is 16.7 Å². The molecule has 2 amide bonds. The number of hydrogen-bond donors (Lipinski definition) is 3. The second-order valence-corrected chi connectivity index (χ2v) is 4.66. The van der Waals surface area contributed by atoms with Gasteiger partial charge >= 0.3 is 6.09 Å². The SMILES string of the molecule is C[C@H]1Oc2cc(Br)cnc2NC(=O)[C@H]1NC(=O)O. The third kappa shape index (κ3) is 2.53. The van der Waals surface area contributed by atoms with E-state index < -0.39 is 24.1 Å². The summed E-state index contributed by atoms with van der Waals surface area (Å²) in [6.45, 7) is 1.61. The molecule has 1 aliphatic rings. The van der Waals surface area contributed by atoms with Crippen LogP contribution < -0.4 is 15.4 Å². The standard InChI is InChI=1S/C10H10BrN3O4/c1-4-7(13-10(16)17)9(15)14-8-6(18-4)2-5(11)3-12-8/h2-4,7,13H,1H3,(H,16,17)(H,12,14,15)/t4-,7+/m1/s1. The van der Waals surface area contributed by atoms with E-state index in [1.165, 1.54) is 6.20 Å². The van der Waals surface area contributed by atoms with Crippen molar-refractivity contribution < 1.29 is 19.4 Å². The van der Waals surface area contributed by atoms with E-state index in [0.717, 1.165) is 0 Å². The number of aromatic nitrogens is 1. The summed E-state index contributed by atoms with van der Waals surface area (Å²) >= 11 is 3.24. The van der Waals surface area contributed by atoms with Crippen LogP contribution in [0.15, 0.2) is 16.7 Å². The summed E-state index contributed by atoms with van der Waals surface area (Å²) in [5.41, 5.74) is 0. The Bertz CT molecular complexity index is 508. The van der Waals surface area contributed by atoms with Gasteiger partial charge in [0.15, 0.2) is 11.6 Å². The van der Waals surface area contributed by atoms with Gasteiger partial charge in [0, 0.05) is 10.7 Å². The summed E-state index contributed by atoms with van der Waals surface area (Å²) in [6, 6.07) is 0.665. The third-order valence-electron chi connectivity index (χ3n) is 2.40. The Kier molecular flexibility index (Phi) is 3.37. The predicted octanol–water partition coefficient (Wildman–Crippen LogP) is 1.20. The fourth-order valence-electron chi connectivity index (χ4n) is 1.60. The van der Waals surface area contributed by atoms with Crippen LogP contribution in [0.5, 0.6) is 5.75 Å². The van der Waals surface area contributed by atoms with Gasteiger partial charge in [0.2, 0.25) is 0 Å². The van der Waals surface area contributed by atoms with Crippen molar-refractivity contribution in [2.45, 2.75) is 19.1 Å². The molecule has 0 aliphatic carbocycles. The molecule has 0 saturated heterocycles. The van der Waals surface area contributed by atoms with Gasteiger partial charge in [-0.2, -0.15) is 0 Å². The molecule has 0 aromatic carbocycles. The van der Waals surface area contributed by atoms with Gasteiger partial charge in [-0.25, -0.2) is 9.78 Å². The van der Waals surface area contributed by atoms with E-state index in [9.17, 15) is 9.59 Å². The van der Waals surface area contributed by atoms with Crippen molar-refractivity contribution >= 4 is 33.7 Å². The van der Waals surface area contributed by atoms with Gasteiger partial charge in [-0.15, -0.1) is 0 Å². The lowest BCUT2D eigenvalue weighted by Gasteiger charge is -2.19. The number of carbonyl (C=O) groups is 2. The lowest BCUT2D eigenvalue weighted by molar-refractivity contribution is -0.119. The first-order valence-electron chi connectivity index (χ1n) is 5.10. The fraction of sp³-hybridized carbons (Fsp3) is 0.300. The topological polar surface area (TPSA) is 101 Å². The maximum atomic E-state index is 11.8. The summed E-state index contributed by atoms with van der Waals surface area (Å²) in [4.78, 5) is 26.5. The van der Waals surface area contributed by atoms with Crippen molar-refractivity contribution in [1.29, 1.82) is 0 Å². The highest BCUT2D eigenvalue weighted by molar-refractivity contribution is 9.10. The van der Waals surface area contributed by atoms with Crippen molar-refractivity contribution in [2.75, 3.05) is 5.32 Å². The molecule has 18 heavy (non-hydrogen) atoms. The zero-order valence-electron chi connectivity index (χ0n) is 9.31. The second kappa shape index (κ2) is 4.81. The van der Waals surface area contributed by atoms with Crippen molar-refractivity contribution in [3.8, 4) is 5.75 Å². The Morgan fingerprint density at radius 2 is 2.39 bits per heavy atom. The number of amides is 2. The number of nitrogens with one attached hydrogen (secondary N) is 2. The lowest BCUT2D eigenvalue weighted by atomic mass is 10.2. The van der Waals surface area contributed by atoms with Crippen molar-refractivity contribution in [3.63, 3.8) is 0 Å². The van der Waals surface area contributed by atoms with Crippen molar-refractivity contribution in [1.82, 2.24) is 10.3 Å². The van der Waals surface area contributed by atoms with E-state index in [1.54, 1.807) is 13.0 Å². The first-order valence-corrected chi connectivity index (χ1v) is 5.89. The molecule has 8 heteroatoms. The monoisotopic (exact) mass is 315 g/mol. The number of nitrogens with zero attached hydrogens (tertiary/aromatic N) is 1. The molecule has 0 fully saturated rings. The van der Waals surface area contributed by atoms with E-state index in [1.807, 2.05) is 0 Å². The molecule has 1 aliphatic heterocycles. The second-order valence-electron chi connectivity index (χ2n) is 3.74. The number of fused-ring (bicyclic) bond motifs is 1. The molecule has 0 saturated carbocycles. The molecule has 7 nitrogen and oxygen atoms in total. The third-order valence-corrected chi connectivity index (χ3v) is 2.84. The molecule has 3 N–H and O–H groups in total. The van der Waals surface area contributed by atoms with E-state index in [2.05, 4.69) is 31.5 Å². The number of carboxylic acid groups (broad SMARTS) is 1. The predicted molar refractivity (Wildman–Crippen MR) is 65.6 cm³/mol. The van der Waals surface area contributed by atoms with E-state index >= 15 is 0 Å². The summed E-state index contributed by atoms with van der Waals surface area (Å²) in [5.74, 6) is 0.156. The number of halogens is 1. The first-order chi connectivity index (χ1) is 8.47. The van der Waals surface area contributed by atoms with Crippen LogP contribution in [0.2, 0.25) is 0 Å². The molecular formula is C10H10BrN3O4. The Morgan fingerprint density at radius 1 is 1.67 bits per heavy atom. The first kappa shape index (κ1) is 12.6. The molecule has 1 aromatic heterocycles. The molecule has 0 radical (unpaired) electrons. The molecule has 0 spiro atoms. The maximum Gasteiger partial charge on any atom is 0.405 e. The average molecular weight is 316 g/mol. The number of carbonyl (C=O) groups excluding carboxylic acids is 1. The average Bonchev–Trinajstić information content (AvgIpc) is 2.38. The maximum absolute atomic E-state index is 11.8. The van der Waals surface area contributed by atoms with Gasteiger partial charge in [-0.05, 0) is 28.9 Å². The minimum absolute atomic E-state index is 0.268. The Morgan fingerprint density at radius 3 is 3.06 bits per heavy atom. The highest BCUT2D eigenvalue weighted by Gasteiger charge is 2.32. The summed E-state index contributed by atoms with van der Waals surface area (Å²) in [6.07, 6.45) is -0.415. The molecule has 0 unspecified atom stereocenters. The van der Waals surface area contributed by atoms with Crippen LogP contribution in [-0.2, 0) is 4.79 Å². The molecular weight excluding hydrogens is 306 g/mol. The number of rotatable bonds is 1. The molecule has 2 atom stereocenters. The highest BCUT2D eigenvalue weighted by Crippen LogP contribution is 2.29. The largest absolute Gasteiger partial charge is 0.484 e. The normalized spacial score (nSPS) is 22.2. The Labute approximate surface area is 111 Å². The lowest BCUT2D eigenvalue weighted by Crippen LogP contribution is -2.50. The molecule has 2 rings (SSSR count). The van der Waals surface area contributed by atoms with Gasteiger partial charge in [-0.1, -0.05) is 0 Å². The van der Waals surface area contributed by atoms with Crippen molar-refractivity contribution in [2.24, 2.45) is 0 Å². The van der Waals surface area contributed by atoms with Crippen LogP contribution >= 0.6 is 15.9 Å². The quantitative estimate of drug-likeness (QED) is 0.723. The molecule has 2 heterocycles. The van der Waals surface area contributed by atoms with E-state index in [-0.39, 0.29) is 5.82 Å². The zero-order chi connectivity index (χ0) is 13.3. The minimum atomic E-state index is -1.29. The highest BCUT2D eigenvalue weighted by atomic mass is 79.9. The summed E-state index contributed by atoms with van der Waals surface area (Å²) < 4.78 is 6.22.